The lowest BCUT2D eigenvalue weighted by Crippen LogP contribution is -1.90. The average Bonchev–Trinajstić information content (AvgIpc) is 2.04. The quantitative estimate of drug-likeness (QED) is 0.744. The van der Waals surface area contributed by atoms with Gasteiger partial charge >= 0.3 is 0 Å². The molecule has 1 aromatic rings. The third-order valence-corrected chi connectivity index (χ3v) is 2.10. The normalized spacial score (nSPS) is 11.5. The molecule has 0 atom stereocenters. The van der Waals surface area contributed by atoms with Crippen molar-refractivity contribution in [2.75, 3.05) is 0 Å². The molecule has 0 aromatic carbocycles. The molecular weight excluding hydrogens is 230 g/mol. The van der Waals surface area contributed by atoms with Crippen molar-refractivity contribution in [2.24, 2.45) is 0 Å². The van der Waals surface area contributed by atoms with Crippen LogP contribution in [-0.2, 0) is 4.79 Å². The molecule has 13 heavy (non-hydrogen) atoms. The number of halogens is 1. The van der Waals surface area contributed by atoms with Gasteiger partial charge in [-0.05, 0) is 53.1 Å². The van der Waals surface area contributed by atoms with Gasteiger partial charge < -0.3 is 0 Å². The fourth-order valence-electron chi connectivity index (χ4n) is 0.859. The third-order valence-electron chi connectivity index (χ3n) is 1.66. The number of hydrogen-bond acceptors (Lipinski definition) is 2. The molecule has 0 fully saturated rings. The maximum atomic E-state index is 10.9. The zero-order valence-electron chi connectivity index (χ0n) is 7.54. The van der Waals surface area contributed by atoms with Crippen LogP contribution in [-0.4, -0.2) is 10.8 Å². The Labute approximate surface area is 85.8 Å². The van der Waals surface area contributed by atoms with Crippen LogP contribution in [0, 0.1) is 0 Å². The monoisotopic (exact) mass is 239 g/mol. The predicted octanol–water partition coefficient (Wildman–Crippen LogP) is 2.84. The maximum absolute atomic E-state index is 10.9. The van der Waals surface area contributed by atoms with Crippen molar-refractivity contribution in [1.29, 1.82) is 0 Å². The fourth-order valence-corrected chi connectivity index (χ4v) is 1.24. The summed E-state index contributed by atoms with van der Waals surface area (Å²) in [6.07, 6.45) is 5.25. The number of nitrogens with zero attached hydrogens (tertiary/aromatic N) is 1. The van der Waals surface area contributed by atoms with E-state index in [4.69, 9.17) is 0 Å². The summed E-state index contributed by atoms with van der Waals surface area (Å²) >= 11 is 3.31. The van der Waals surface area contributed by atoms with Crippen LogP contribution in [0.4, 0.5) is 0 Å². The van der Waals surface area contributed by atoms with Gasteiger partial charge in [-0.3, -0.25) is 9.78 Å². The number of pyridine rings is 1. The second kappa shape index (κ2) is 4.33. The first-order valence-corrected chi connectivity index (χ1v) is 4.68. The second-order valence-corrected chi connectivity index (χ2v) is 3.74. The first-order valence-electron chi connectivity index (χ1n) is 3.89. The lowest BCUT2D eigenvalue weighted by molar-refractivity contribution is -0.113. The number of rotatable bonds is 2. The Bertz CT molecular complexity index is 358. The van der Waals surface area contributed by atoms with E-state index in [1.54, 1.807) is 26.2 Å². The SMILES string of the molecule is CC(=O)/C(C)=C/c1cncc(Br)c1. The van der Waals surface area contributed by atoms with Crippen LogP contribution in [0.1, 0.15) is 19.4 Å². The van der Waals surface area contributed by atoms with Crippen LogP contribution in [0.15, 0.2) is 28.5 Å². The lowest BCUT2D eigenvalue weighted by atomic mass is 10.1. The first-order chi connectivity index (χ1) is 6.09. The fraction of sp³-hybridized carbons (Fsp3) is 0.200. The van der Waals surface area contributed by atoms with E-state index in [1.165, 1.54) is 0 Å². The summed E-state index contributed by atoms with van der Waals surface area (Å²) in [6.45, 7) is 3.35. The summed E-state index contributed by atoms with van der Waals surface area (Å²) < 4.78 is 0.914. The van der Waals surface area contributed by atoms with E-state index >= 15 is 0 Å². The molecule has 0 spiro atoms. The molecule has 2 nitrogen and oxygen atoms in total. The molecule has 0 saturated heterocycles. The Morgan fingerprint density at radius 3 is 2.69 bits per heavy atom. The summed E-state index contributed by atoms with van der Waals surface area (Å²) in [5.41, 5.74) is 1.67. The van der Waals surface area contributed by atoms with E-state index < -0.39 is 0 Å². The number of carbonyl (C=O) groups excluding carboxylic acids is 1. The molecule has 1 aromatic heterocycles. The second-order valence-electron chi connectivity index (χ2n) is 2.82. The Morgan fingerprint density at radius 2 is 2.15 bits per heavy atom. The highest BCUT2D eigenvalue weighted by Gasteiger charge is 1.97. The minimum atomic E-state index is 0.0833. The molecule has 0 amide bonds. The van der Waals surface area contributed by atoms with Crippen molar-refractivity contribution < 1.29 is 4.79 Å². The minimum Gasteiger partial charge on any atom is -0.295 e. The van der Waals surface area contributed by atoms with Crippen LogP contribution < -0.4 is 0 Å². The number of carbonyl (C=O) groups is 1. The zero-order valence-corrected chi connectivity index (χ0v) is 9.13. The van der Waals surface area contributed by atoms with Gasteiger partial charge in [0.15, 0.2) is 5.78 Å². The molecule has 0 unspecified atom stereocenters. The van der Waals surface area contributed by atoms with Crippen LogP contribution in [0.2, 0.25) is 0 Å². The molecule has 1 heterocycles. The van der Waals surface area contributed by atoms with Gasteiger partial charge in [-0.1, -0.05) is 0 Å². The van der Waals surface area contributed by atoms with Crippen LogP contribution in [0.25, 0.3) is 6.08 Å². The largest absolute Gasteiger partial charge is 0.295 e. The summed E-state index contributed by atoms with van der Waals surface area (Å²) in [7, 11) is 0. The number of Topliss-reactive ketones (excluding diaryl/α,β-unsaturated/α-hetero) is 1. The molecule has 0 radical (unpaired) electrons. The highest BCUT2D eigenvalue weighted by Crippen LogP contribution is 2.12. The smallest absolute Gasteiger partial charge is 0.155 e. The van der Waals surface area contributed by atoms with Gasteiger partial charge in [-0.2, -0.15) is 0 Å². The van der Waals surface area contributed by atoms with Gasteiger partial charge in [0.1, 0.15) is 0 Å². The van der Waals surface area contributed by atoms with Crippen molar-refractivity contribution in [3.8, 4) is 0 Å². The Hall–Kier alpha value is -0.960. The van der Waals surface area contributed by atoms with Crippen molar-refractivity contribution >= 4 is 27.8 Å². The standard InChI is InChI=1S/C10H10BrNO/c1-7(8(2)13)3-9-4-10(11)6-12-5-9/h3-6H,1-2H3/b7-3+. The van der Waals surface area contributed by atoms with E-state index in [0.717, 1.165) is 15.6 Å². The molecule has 0 aliphatic heterocycles. The Kier molecular flexibility index (Phi) is 3.37. The van der Waals surface area contributed by atoms with Crippen LogP contribution >= 0.6 is 15.9 Å². The molecule has 0 N–H and O–H groups in total. The van der Waals surface area contributed by atoms with E-state index in [2.05, 4.69) is 20.9 Å². The average molecular weight is 240 g/mol. The van der Waals surface area contributed by atoms with Gasteiger partial charge in [0, 0.05) is 16.9 Å². The molecule has 0 saturated carbocycles. The van der Waals surface area contributed by atoms with Gasteiger partial charge in [-0.25, -0.2) is 0 Å². The summed E-state index contributed by atoms with van der Waals surface area (Å²) in [6, 6.07) is 1.92. The van der Waals surface area contributed by atoms with Crippen LogP contribution in [0.3, 0.4) is 0 Å². The number of aromatic nitrogens is 1. The summed E-state index contributed by atoms with van der Waals surface area (Å²) in [5, 5.41) is 0. The van der Waals surface area contributed by atoms with E-state index in [1.807, 2.05) is 12.1 Å². The van der Waals surface area contributed by atoms with Crippen molar-refractivity contribution in [3.63, 3.8) is 0 Å². The van der Waals surface area contributed by atoms with Crippen molar-refractivity contribution in [3.05, 3.63) is 34.1 Å². The lowest BCUT2D eigenvalue weighted by Gasteiger charge is -1.96. The summed E-state index contributed by atoms with van der Waals surface area (Å²) in [4.78, 5) is 14.9. The summed E-state index contributed by atoms with van der Waals surface area (Å²) in [5.74, 6) is 0.0833. The number of allylic oxidation sites excluding steroid dienone is 1. The first kappa shape index (κ1) is 10.1. The highest BCUT2D eigenvalue weighted by molar-refractivity contribution is 9.10. The van der Waals surface area contributed by atoms with Gasteiger partial charge in [0.2, 0.25) is 0 Å². The molecule has 0 bridgehead atoms. The number of hydrogen-bond donors (Lipinski definition) is 0. The Morgan fingerprint density at radius 1 is 1.46 bits per heavy atom. The predicted molar refractivity (Wildman–Crippen MR) is 56.3 cm³/mol. The Balaban J connectivity index is 2.97. The van der Waals surface area contributed by atoms with Crippen LogP contribution in [0.5, 0.6) is 0 Å². The van der Waals surface area contributed by atoms with Gasteiger partial charge in [0.05, 0.1) is 0 Å². The third kappa shape index (κ3) is 3.11. The van der Waals surface area contributed by atoms with Crippen molar-refractivity contribution in [2.45, 2.75) is 13.8 Å². The molecule has 3 heteroatoms. The maximum Gasteiger partial charge on any atom is 0.155 e. The topological polar surface area (TPSA) is 30.0 Å². The molecule has 0 aliphatic rings. The van der Waals surface area contributed by atoms with Gasteiger partial charge in [-0.15, -0.1) is 0 Å². The van der Waals surface area contributed by atoms with E-state index in [0.29, 0.717) is 0 Å². The molecule has 0 aliphatic carbocycles. The minimum absolute atomic E-state index is 0.0833. The van der Waals surface area contributed by atoms with Gasteiger partial charge in [0.25, 0.3) is 0 Å². The molecular formula is C10H10BrNO. The van der Waals surface area contributed by atoms with E-state index in [-0.39, 0.29) is 5.78 Å². The molecule has 1 rings (SSSR count). The van der Waals surface area contributed by atoms with E-state index in [9.17, 15) is 4.79 Å². The molecule has 68 valence electrons. The number of ketones is 1. The highest BCUT2D eigenvalue weighted by atomic mass is 79.9. The zero-order chi connectivity index (χ0) is 9.84. The van der Waals surface area contributed by atoms with Crippen molar-refractivity contribution in [1.82, 2.24) is 4.98 Å².